The zero-order chi connectivity index (χ0) is 19.3. The number of para-hydroxylation sites is 1. The first-order valence-corrected chi connectivity index (χ1v) is 8.82. The van der Waals surface area contributed by atoms with Crippen LogP contribution in [0.2, 0.25) is 0 Å². The van der Waals surface area contributed by atoms with E-state index in [1.807, 2.05) is 35.6 Å². The summed E-state index contributed by atoms with van der Waals surface area (Å²) in [4.78, 5) is 12.6. The average molecular weight is 393 g/mol. The first kappa shape index (κ1) is 18.9. The molecular weight excluding hydrogens is 379 g/mol. The molecule has 0 fully saturated rings. The van der Waals surface area contributed by atoms with Gasteiger partial charge in [0.15, 0.2) is 5.82 Å². The Bertz CT molecular complexity index is 914. The number of carbonyl (C=O) groups is 1. The van der Waals surface area contributed by atoms with E-state index >= 15 is 0 Å². The quantitative estimate of drug-likeness (QED) is 0.651. The van der Waals surface area contributed by atoms with Crippen LogP contribution in [0.1, 0.15) is 16.2 Å². The van der Waals surface area contributed by atoms with Crippen LogP contribution in [-0.4, -0.2) is 38.8 Å². The van der Waals surface area contributed by atoms with Gasteiger partial charge in [0.05, 0.1) is 17.0 Å². The molecule has 0 atom stereocenters. The number of nitrogens with zero attached hydrogens (tertiary/aromatic N) is 4. The third kappa shape index (κ3) is 5.07. The smallest absolute Gasteiger partial charge is 0.343 e. The molecule has 0 unspecified atom stereocenters. The van der Waals surface area contributed by atoms with E-state index in [0.717, 1.165) is 5.69 Å². The van der Waals surface area contributed by atoms with Gasteiger partial charge in [-0.2, -0.15) is 17.9 Å². The SMILES string of the molecule is O=C(NCC(F)(F)F)c1ccccc1SCc1nnnn1-c1ccccc1. The van der Waals surface area contributed by atoms with Gasteiger partial charge in [0, 0.05) is 4.90 Å². The molecule has 6 nitrogen and oxygen atoms in total. The van der Waals surface area contributed by atoms with Crippen molar-refractivity contribution in [2.24, 2.45) is 0 Å². The van der Waals surface area contributed by atoms with E-state index in [1.165, 1.54) is 17.8 Å². The second-order valence-corrected chi connectivity index (χ2v) is 6.44. The van der Waals surface area contributed by atoms with Crippen LogP contribution in [0, 0.1) is 0 Å². The topological polar surface area (TPSA) is 72.7 Å². The summed E-state index contributed by atoms with van der Waals surface area (Å²) < 4.78 is 38.5. The molecule has 1 N–H and O–H groups in total. The molecule has 0 aliphatic carbocycles. The van der Waals surface area contributed by atoms with Crippen molar-refractivity contribution in [3.8, 4) is 5.69 Å². The van der Waals surface area contributed by atoms with Crippen LogP contribution in [0.25, 0.3) is 5.69 Å². The van der Waals surface area contributed by atoms with Crippen molar-refractivity contribution in [2.75, 3.05) is 6.54 Å². The maximum atomic E-state index is 12.3. The Morgan fingerprint density at radius 2 is 1.78 bits per heavy atom. The van der Waals surface area contributed by atoms with Crippen LogP contribution in [0.3, 0.4) is 0 Å². The van der Waals surface area contributed by atoms with Crippen molar-refractivity contribution in [3.63, 3.8) is 0 Å². The fourth-order valence-electron chi connectivity index (χ4n) is 2.26. The van der Waals surface area contributed by atoms with Crippen LogP contribution < -0.4 is 5.32 Å². The number of thioether (sulfide) groups is 1. The van der Waals surface area contributed by atoms with Crippen molar-refractivity contribution in [3.05, 3.63) is 66.0 Å². The molecule has 2 aromatic carbocycles. The molecule has 1 amide bonds. The molecule has 27 heavy (non-hydrogen) atoms. The van der Waals surface area contributed by atoms with E-state index in [-0.39, 0.29) is 5.56 Å². The van der Waals surface area contributed by atoms with Crippen LogP contribution in [-0.2, 0) is 5.75 Å². The predicted octanol–water partition coefficient (Wildman–Crippen LogP) is 3.25. The zero-order valence-corrected chi connectivity index (χ0v) is 14.7. The highest BCUT2D eigenvalue weighted by Crippen LogP contribution is 2.26. The predicted molar refractivity (Wildman–Crippen MR) is 93.5 cm³/mol. The highest BCUT2D eigenvalue weighted by Gasteiger charge is 2.28. The van der Waals surface area contributed by atoms with Crippen molar-refractivity contribution in [1.29, 1.82) is 0 Å². The Morgan fingerprint density at radius 1 is 1.07 bits per heavy atom. The van der Waals surface area contributed by atoms with Crippen molar-refractivity contribution < 1.29 is 18.0 Å². The molecule has 0 saturated carbocycles. The lowest BCUT2D eigenvalue weighted by atomic mass is 10.2. The lowest BCUT2D eigenvalue weighted by Crippen LogP contribution is -2.33. The van der Waals surface area contributed by atoms with Gasteiger partial charge in [0.25, 0.3) is 5.91 Å². The number of benzene rings is 2. The second kappa shape index (κ2) is 8.21. The van der Waals surface area contributed by atoms with Crippen LogP contribution in [0.15, 0.2) is 59.5 Å². The van der Waals surface area contributed by atoms with Gasteiger partial charge >= 0.3 is 6.18 Å². The van der Waals surface area contributed by atoms with Gasteiger partial charge in [0.1, 0.15) is 6.54 Å². The molecule has 0 saturated heterocycles. The maximum absolute atomic E-state index is 12.3. The molecule has 0 aliphatic heterocycles. The number of halogens is 3. The van der Waals surface area contributed by atoms with Gasteiger partial charge in [0.2, 0.25) is 0 Å². The molecule has 1 heterocycles. The van der Waals surface area contributed by atoms with Crippen LogP contribution in [0.4, 0.5) is 13.2 Å². The molecule has 140 valence electrons. The van der Waals surface area contributed by atoms with E-state index in [1.54, 1.807) is 22.9 Å². The normalized spacial score (nSPS) is 11.4. The van der Waals surface area contributed by atoms with Crippen LogP contribution >= 0.6 is 11.8 Å². The Labute approximate surface area is 156 Å². The number of rotatable bonds is 6. The number of hydrogen-bond donors (Lipinski definition) is 1. The van der Waals surface area contributed by atoms with E-state index in [4.69, 9.17) is 0 Å². The lowest BCUT2D eigenvalue weighted by molar-refractivity contribution is -0.123. The summed E-state index contributed by atoms with van der Waals surface area (Å²) in [6.07, 6.45) is -4.46. The molecule has 0 bridgehead atoms. The monoisotopic (exact) mass is 393 g/mol. The molecule has 3 rings (SSSR count). The first-order chi connectivity index (χ1) is 12.9. The highest BCUT2D eigenvalue weighted by atomic mass is 32.2. The highest BCUT2D eigenvalue weighted by molar-refractivity contribution is 7.98. The summed E-state index contributed by atoms with van der Waals surface area (Å²) in [5.41, 5.74) is 0.958. The Balaban J connectivity index is 1.73. The first-order valence-electron chi connectivity index (χ1n) is 7.83. The number of nitrogens with one attached hydrogen (secondary N) is 1. The molecule has 0 spiro atoms. The molecule has 3 aromatic rings. The minimum Gasteiger partial charge on any atom is -0.343 e. The van der Waals surface area contributed by atoms with Gasteiger partial charge in [-0.3, -0.25) is 4.79 Å². The van der Waals surface area contributed by atoms with Gasteiger partial charge in [-0.1, -0.05) is 30.3 Å². The minimum atomic E-state index is -4.46. The summed E-state index contributed by atoms with van der Waals surface area (Å²) in [6.45, 7) is -1.38. The fourth-order valence-corrected chi connectivity index (χ4v) is 3.22. The fraction of sp³-hybridized carbons (Fsp3) is 0.176. The lowest BCUT2D eigenvalue weighted by Gasteiger charge is -2.11. The van der Waals surface area contributed by atoms with Crippen molar-refractivity contribution in [2.45, 2.75) is 16.8 Å². The number of amides is 1. The number of alkyl halides is 3. The average Bonchev–Trinajstić information content (AvgIpc) is 3.13. The third-order valence-electron chi connectivity index (χ3n) is 3.47. The molecule has 10 heteroatoms. The van der Waals surface area contributed by atoms with Gasteiger partial charge < -0.3 is 5.32 Å². The van der Waals surface area contributed by atoms with E-state index in [9.17, 15) is 18.0 Å². The second-order valence-electron chi connectivity index (χ2n) is 5.43. The van der Waals surface area contributed by atoms with Gasteiger partial charge in [-0.15, -0.1) is 16.9 Å². The van der Waals surface area contributed by atoms with E-state index < -0.39 is 18.6 Å². The molecule has 1 aromatic heterocycles. The number of aromatic nitrogens is 4. The number of hydrogen-bond acceptors (Lipinski definition) is 5. The molecule has 0 aliphatic rings. The van der Waals surface area contributed by atoms with Crippen molar-refractivity contribution in [1.82, 2.24) is 25.5 Å². The summed E-state index contributed by atoms with van der Waals surface area (Å²) in [5, 5.41) is 13.5. The molecule has 0 radical (unpaired) electrons. The Kier molecular flexibility index (Phi) is 5.75. The van der Waals surface area contributed by atoms with Gasteiger partial charge in [-0.25, -0.2) is 0 Å². The standard InChI is InChI=1S/C17H14F3N5OS/c18-17(19,20)11-21-16(26)13-8-4-5-9-14(13)27-10-15-22-23-24-25(15)12-6-2-1-3-7-12/h1-9H,10-11H2,(H,21,26). The minimum absolute atomic E-state index is 0.172. The zero-order valence-electron chi connectivity index (χ0n) is 13.8. The number of carbonyl (C=O) groups excluding carboxylic acids is 1. The summed E-state index contributed by atoms with van der Waals surface area (Å²) in [7, 11) is 0. The van der Waals surface area contributed by atoms with Crippen molar-refractivity contribution >= 4 is 17.7 Å². The van der Waals surface area contributed by atoms with Crippen LogP contribution in [0.5, 0.6) is 0 Å². The number of tetrazole rings is 1. The summed E-state index contributed by atoms with van der Waals surface area (Å²) >= 11 is 1.27. The third-order valence-corrected chi connectivity index (χ3v) is 4.54. The summed E-state index contributed by atoms with van der Waals surface area (Å²) in [5.74, 6) is 0.112. The largest absolute Gasteiger partial charge is 0.405 e. The van der Waals surface area contributed by atoms with E-state index in [0.29, 0.717) is 16.5 Å². The Morgan fingerprint density at radius 3 is 2.52 bits per heavy atom. The summed E-state index contributed by atoms with van der Waals surface area (Å²) in [6, 6.07) is 15.7. The van der Waals surface area contributed by atoms with E-state index in [2.05, 4.69) is 15.5 Å². The maximum Gasteiger partial charge on any atom is 0.405 e. The molecular formula is C17H14F3N5OS. The Hall–Kier alpha value is -2.88. The van der Waals surface area contributed by atoms with Gasteiger partial charge in [-0.05, 0) is 34.7 Å².